The molecule has 0 bridgehead atoms. The molecule has 0 unspecified atom stereocenters. The number of carbonyl (C=O) groups is 2. The summed E-state index contributed by atoms with van der Waals surface area (Å²) in [4.78, 5) is 34.7. The number of nitrogens with zero attached hydrogens (tertiary/aromatic N) is 3. The van der Waals surface area contributed by atoms with Crippen molar-refractivity contribution in [2.45, 2.75) is 32.9 Å². The lowest BCUT2D eigenvalue weighted by molar-refractivity contribution is -0.121. The lowest BCUT2D eigenvalue weighted by atomic mass is 10.1. The van der Waals surface area contributed by atoms with Crippen LogP contribution in [0, 0.1) is 6.92 Å². The van der Waals surface area contributed by atoms with Crippen LogP contribution in [0.1, 0.15) is 32.7 Å². The summed E-state index contributed by atoms with van der Waals surface area (Å²) in [5, 5.41) is 5.45. The second kappa shape index (κ2) is 7.23. The van der Waals surface area contributed by atoms with Gasteiger partial charge in [0, 0.05) is 37.4 Å². The molecule has 6 nitrogen and oxygen atoms in total. The molecule has 0 aromatic carbocycles. The number of amides is 2. The van der Waals surface area contributed by atoms with Gasteiger partial charge < -0.3 is 10.2 Å². The van der Waals surface area contributed by atoms with Gasteiger partial charge in [0.1, 0.15) is 0 Å². The Morgan fingerprint density at radius 1 is 1.40 bits per heavy atom. The van der Waals surface area contributed by atoms with Crippen molar-refractivity contribution in [3.63, 3.8) is 0 Å². The van der Waals surface area contributed by atoms with Crippen LogP contribution in [0.4, 0.5) is 5.13 Å². The Bertz CT molecular complexity index is 796. The van der Waals surface area contributed by atoms with Gasteiger partial charge in [-0.15, -0.1) is 22.7 Å². The number of rotatable bonds is 4. The highest BCUT2D eigenvalue weighted by Crippen LogP contribution is 2.29. The number of thiophene rings is 1. The van der Waals surface area contributed by atoms with E-state index in [-0.39, 0.29) is 17.9 Å². The average molecular weight is 379 g/mol. The van der Waals surface area contributed by atoms with Gasteiger partial charge in [0.2, 0.25) is 5.91 Å². The minimum absolute atomic E-state index is 0.0379. The van der Waals surface area contributed by atoms with Gasteiger partial charge >= 0.3 is 0 Å². The van der Waals surface area contributed by atoms with E-state index in [9.17, 15) is 9.59 Å². The zero-order chi connectivity index (χ0) is 18.1. The number of fused-ring (bicyclic) bond motifs is 1. The fourth-order valence-electron chi connectivity index (χ4n) is 2.80. The minimum atomic E-state index is -0.245. The first kappa shape index (κ1) is 18.0. The van der Waals surface area contributed by atoms with Crippen LogP contribution in [0.5, 0.6) is 0 Å². The Hall–Kier alpha value is -1.77. The molecule has 1 aliphatic heterocycles. The predicted molar refractivity (Wildman–Crippen MR) is 101 cm³/mol. The van der Waals surface area contributed by atoms with Gasteiger partial charge in [-0.3, -0.25) is 14.5 Å². The van der Waals surface area contributed by atoms with Gasteiger partial charge in [-0.2, -0.15) is 0 Å². The van der Waals surface area contributed by atoms with Gasteiger partial charge in [-0.1, -0.05) is 0 Å². The highest BCUT2D eigenvalue weighted by Gasteiger charge is 2.28. The number of aryl methyl sites for hydroxylation is 1. The van der Waals surface area contributed by atoms with Crippen LogP contribution < -0.4 is 5.32 Å². The molecular weight excluding hydrogens is 356 g/mol. The molecule has 134 valence electrons. The maximum absolute atomic E-state index is 12.5. The van der Waals surface area contributed by atoms with E-state index >= 15 is 0 Å². The first-order valence-corrected chi connectivity index (χ1v) is 9.85. The van der Waals surface area contributed by atoms with E-state index in [1.54, 1.807) is 30.3 Å². The standard InChI is InChI=1S/C17H22N4O2S2/c1-10-9-24-17(18-10)19-15(22)11(2)21-6-5-13-12(8-21)7-14(25-13)16(23)20(3)4/h7,9,11H,5-6,8H2,1-4H3,(H,18,19,22)/t11-/m1/s1. The molecule has 0 fully saturated rings. The van der Waals surface area contributed by atoms with Crippen LogP contribution in [0.2, 0.25) is 0 Å². The Labute approximate surface area is 155 Å². The molecule has 2 aromatic heterocycles. The SMILES string of the molecule is Cc1csc(NC(=O)[C@@H](C)N2CCc3sc(C(=O)N(C)C)cc3C2)n1. The lowest BCUT2D eigenvalue weighted by Crippen LogP contribution is -2.44. The van der Waals surface area contributed by atoms with Crippen molar-refractivity contribution in [1.29, 1.82) is 0 Å². The van der Waals surface area contributed by atoms with E-state index < -0.39 is 0 Å². The molecule has 2 aromatic rings. The fourth-order valence-corrected chi connectivity index (χ4v) is 4.67. The number of carbonyl (C=O) groups excluding carboxylic acids is 2. The van der Waals surface area contributed by atoms with Gasteiger partial charge in [-0.25, -0.2) is 4.98 Å². The summed E-state index contributed by atoms with van der Waals surface area (Å²) in [6, 6.07) is 1.73. The third kappa shape index (κ3) is 3.91. The number of thiazole rings is 1. The number of aromatic nitrogens is 1. The number of nitrogens with one attached hydrogen (secondary N) is 1. The summed E-state index contributed by atoms with van der Waals surface area (Å²) >= 11 is 3.01. The molecule has 0 saturated heterocycles. The van der Waals surface area contributed by atoms with Crippen LogP contribution in [0.25, 0.3) is 0 Å². The van der Waals surface area contributed by atoms with Crippen LogP contribution in [-0.4, -0.2) is 53.3 Å². The topological polar surface area (TPSA) is 65.5 Å². The molecule has 25 heavy (non-hydrogen) atoms. The van der Waals surface area contributed by atoms with Crippen LogP contribution in [0.3, 0.4) is 0 Å². The van der Waals surface area contributed by atoms with Crippen LogP contribution in [-0.2, 0) is 17.8 Å². The zero-order valence-electron chi connectivity index (χ0n) is 14.8. The molecule has 8 heteroatoms. The number of hydrogen-bond donors (Lipinski definition) is 1. The van der Waals surface area contributed by atoms with E-state index in [1.165, 1.54) is 16.2 Å². The summed E-state index contributed by atoms with van der Waals surface area (Å²) in [5.74, 6) is -0.00602. The van der Waals surface area contributed by atoms with Crippen molar-refractivity contribution < 1.29 is 9.59 Å². The van der Waals surface area contributed by atoms with Gasteiger partial charge in [-0.05, 0) is 31.9 Å². The lowest BCUT2D eigenvalue weighted by Gasteiger charge is -2.31. The van der Waals surface area contributed by atoms with E-state index in [4.69, 9.17) is 0 Å². The monoisotopic (exact) mass is 378 g/mol. The van der Waals surface area contributed by atoms with E-state index in [2.05, 4.69) is 15.2 Å². The highest BCUT2D eigenvalue weighted by atomic mass is 32.1. The van der Waals surface area contributed by atoms with E-state index in [0.717, 1.165) is 29.1 Å². The van der Waals surface area contributed by atoms with Gasteiger partial charge in [0.25, 0.3) is 5.91 Å². The average Bonchev–Trinajstić information content (AvgIpc) is 3.18. The quantitative estimate of drug-likeness (QED) is 0.888. The summed E-state index contributed by atoms with van der Waals surface area (Å²) < 4.78 is 0. The van der Waals surface area contributed by atoms with E-state index in [1.807, 2.05) is 25.3 Å². The molecule has 0 radical (unpaired) electrons. The molecule has 0 spiro atoms. The summed E-state index contributed by atoms with van der Waals surface area (Å²) in [7, 11) is 3.53. The maximum Gasteiger partial charge on any atom is 0.263 e. The van der Waals surface area contributed by atoms with Crippen LogP contribution >= 0.6 is 22.7 Å². The first-order valence-electron chi connectivity index (χ1n) is 8.15. The first-order chi connectivity index (χ1) is 11.8. The number of hydrogen-bond acceptors (Lipinski definition) is 6. The normalized spacial score (nSPS) is 15.5. The van der Waals surface area contributed by atoms with Crippen molar-refractivity contribution >= 4 is 39.6 Å². The molecular formula is C17H22N4O2S2. The molecule has 2 amide bonds. The molecule has 1 aliphatic rings. The molecule has 1 atom stereocenters. The summed E-state index contributed by atoms with van der Waals surface area (Å²) in [6.07, 6.45) is 0.870. The molecule has 0 aliphatic carbocycles. The zero-order valence-corrected chi connectivity index (χ0v) is 16.5. The van der Waals surface area contributed by atoms with Crippen molar-refractivity contribution in [2.24, 2.45) is 0 Å². The highest BCUT2D eigenvalue weighted by molar-refractivity contribution is 7.14. The van der Waals surface area contributed by atoms with E-state index in [0.29, 0.717) is 11.7 Å². The molecule has 1 N–H and O–H groups in total. The second-order valence-corrected chi connectivity index (χ2v) is 8.43. The van der Waals surface area contributed by atoms with Crippen molar-refractivity contribution in [3.05, 3.63) is 32.5 Å². The smallest absolute Gasteiger partial charge is 0.263 e. The Balaban J connectivity index is 1.67. The maximum atomic E-state index is 12.5. The molecule has 3 rings (SSSR count). The molecule has 0 saturated carbocycles. The Morgan fingerprint density at radius 3 is 2.80 bits per heavy atom. The Kier molecular flexibility index (Phi) is 5.21. The van der Waals surface area contributed by atoms with Crippen molar-refractivity contribution in [1.82, 2.24) is 14.8 Å². The third-order valence-corrected chi connectivity index (χ3v) is 6.39. The van der Waals surface area contributed by atoms with Crippen molar-refractivity contribution in [2.75, 3.05) is 26.0 Å². The predicted octanol–water partition coefficient (Wildman–Crippen LogP) is 2.60. The van der Waals surface area contributed by atoms with Crippen LogP contribution in [0.15, 0.2) is 11.4 Å². The number of anilines is 1. The van der Waals surface area contributed by atoms with Gasteiger partial charge in [0.05, 0.1) is 16.6 Å². The fraction of sp³-hybridized carbons (Fsp3) is 0.471. The summed E-state index contributed by atoms with van der Waals surface area (Å²) in [6.45, 7) is 5.33. The largest absolute Gasteiger partial charge is 0.344 e. The third-order valence-electron chi connectivity index (χ3n) is 4.29. The summed E-state index contributed by atoms with van der Waals surface area (Å²) in [5.41, 5.74) is 2.07. The Morgan fingerprint density at radius 2 is 2.16 bits per heavy atom. The molecule has 3 heterocycles. The van der Waals surface area contributed by atoms with Gasteiger partial charge in [0.15, 0.2) is 5.13 Å². The van der Waals surface area contributed by atoms with Crippen molar-refractivity contribution in [3.8, 4) is 0 Å². The minimum Gasteiger partial charge on any atom is -0.344 e. The second-order valence-electron chi connectivity index (χ2n) is 6.44.